The monoisotopic (exact) mass is 267 g/mol. The molecule has 0 spiro atoms. The maximum Gasteiger partial charge on any atom is 0.147 e. The first kappa shape index (κ1) is 13.6. The van der Waals surface area contributed by atoms with Crippen LogP contribution in [0.1, 0.15) is 44.6 Å². The molecule has 1 aromatic rings. The minimum atomic E-state index is 0.489. The third-order valence-electron chi connectivity index (χ3n) is 3.74. The fourth-order valence-electron chi connectivity index (χ4n) is 2.77. The minimum Gasteiger partial charge on any atom is -0.353 e. The highest BCUT2D eigenvalue weighted by molar-refractivity contribution is 6.33. The summed E-state index contributed by atoms with van der Waals surface area (Å²) in [5, 5.41) is 0.727. The molecule has 2 rings (SSSR count). The summed E-state index contributed by atoms with van der Waals surface area (Å²) in [5.41, 5.74) is 6.60. The lowest BCUT2D eigenvalue weighted by molar-refractivity contribution is 0.416. The van der Waals surface area contributed by atoms with Gasteiger partial charge in [0.05, 0.1) is 5.02 Å². The molecule has 100 valence electrons. The number of anilines is 1. The topological polar surface area (TPSA) is 42.2 Å². The van der Waals surface area contributed by atoms with Crippen LogP contribution in [0.5, 0.6) is 0 Å². The Kier molecular flexibility index (Phi) is 4.84. The van der Waals surface area contributed by atoms with Crippen LogP contribution in [-0.4, -0.2) is 17.6 Å². The molecule has 1 aliphatic carbocycles. The first-order chi connectivity index (χ1) is 8.76. The Morgan fingerprint density at radius 1 is 1.39 bits per heavy atom. The fraction of sp³-hybridized carbons (Fsp3) is 0.643. The molecule has 1 fully saturated rings. The molecule has 18 heavy (non-hydrogen) atoms. The molecule has 4 heteroatoms. The van der Waals surface area contributed by atoms with Gasteiger partial charge in [0, 0.05) is 25.3 Å². The van der Waals surface area contributed by atoms with Crippen LogP contribution in [0.4, 0.5) is 5.82 Å². The van der Waals surface area contributed by atoms with Crippen LogP contribution < -0.4 is 10.6 Å². The van der Waals surface area contributed by atoms with Crippen LogP contribution in [0.15, 0.2) is 12.3 Å². The molecule has 0 aromatic carbocycles. The van der Waals surface area contributed by atoms with Gasteiger partial charge in [0.1, 0.15) is 5.82 Å². The Bertz CT molecular complexity index is 389. The van der Waals surface area contributed by atoms with Gasteiger partial charge in [-0.3, -0.25) is 0 Å². The van der Waals surface area contributed by atoms with E-state index in [0.717, 1.165) is 22.9 Å². The van der Waals surface area contributed by atoms with Crippen molar-refractivity contribution < 1.29 is 0 Å². The Morgan fingerprint density at radius 2 is 2.11 bits per heavy atom. The quantitative estimate of drug-likeness (QED) is 0.910. The smallest absolute Gasteiger partial charge is 0.147 e. The van der Waals surface area contributed by atoms with E-state index in [1.54, 1.807) is 0 Å². The molecule has 1 heterocycles. The predicted molar refractivity (Wildman–Crippen MR) is 77.0 cm³/mol. The Labute approximate surface area is 114 Å². The molecule has 2 N–H and O–H groups in total. The van der Waals surface area contributed by atoms with Gasteiger partial charge in [-0.25, -0.2) is 4.98 Å². The first-order valence-electron chi connectivity index (χ1n) is 6.87. The third kappa shape index (κ3) is 2.96. The van der Waals surface area contributed by atoms with E-state index < -0.39 is 0 Å². The van der Waals surface area contributed by atoms with Gasteiger partial charge in [0.2, 0.25) is 0 Å². The van der Waals surface area contributed by atoms with Crippen LogP contribution in [0.2, 0.25) is 5.02 Å². The molecule has 0 amide bonds. The van der Waals surface area contributed by atoms with E-state index in [1.807, 2.05) is 12.3 Å². The number of hydrogen-bond donors (Lipinski definition) is 1. The van der Waals surface area contributed by atoms with Crippen LogP contribution in [-0.2, 0) is 6.54 Å². The van der Waals surface area contributed by atoms with Crippen molar-refractivity contribution in [2.75, 3.05) is 11.4 Å². The summed E-state index contributed by atoms with van der Waals surface area (Å²) in [6.07, 6.45) is 8.35. The van der Waals surface area contributed by atoms with Crippen molar-refractivity contribution in [3.63, 3.8) is 0 Å². The second-order valence-electron chi connectivity index (χ2n) is 4.93. The number of halogens is 1. The molecule has 1 aliphatic rings. The number of nitrogens with zero attached hydrogens (tertiary/aromatic N) is 2. The summed E-state index contributed by atoms with van der Waals surface area (Å²) in [6.45, 7) is 3.62. The number of hydrogen-bond acceptors (Lipinski definition) is 3. The second kappa shape index (κ2) is 6.39. The highest BCUT2D eigenvalue weighted by Crippen LogP contribution is 2.30. The van der Waals surface area contributed by atoms with Gasteiger partial charge in [0.25, 0.3) is 0 Å². The fourth-order valence-corrected chi connectivity index (χ4v) is 3.06. The highest BCUT2D eigenvalue weighted by atomic mass is 35.5. The predicted octanol–water partition coefficient (Wildman–Crippen LogP) is 3.35. The van der Waals surface area contributed by atoms with Gasteiger partial charge in [-0.05, 0) is 31.4 Å². The molecule has 0 unspecified atom stereocenters. The lowest BCUT2D eigenvalue weighted by Gasteiger charge is -2.35. The average molecular weight is 268 g/mol. The number of nitrogens with two attached hydrogens (primary N) is 1. The first-order valence-corrected chi connectivity index (χ1v) is 7.25. The zero-order valence-corrected chi connectivity index (χ0v) is 11.8. The van der Waals surface area contributed by atoms with Gasteiger partial charge in [-0.15, -0.1) is 0 Å². The van der Waals surface area contributed by atoms with Crippen LogP contribution in [0, 0.1) is 0 Å². The molecular weight excluding hydrogens is 246 g/mol. The minimum absolute atomic E-state index is 0.489. The summed E-state index contributed by atoms with van der Waals surface area (Å²) in [5.74, 6) is 0.920. The van der Waals surface area contributed by atoms with Gasteiger partial charge in [0.15, 0.2) is 0 Å². The summed E-state index contributed by atoms with van der Waals surface area (Å²) < 4.78 is 0. The van der Waals surface area contributed by atoms with E-state index >= 15 is 0 Å². The van der Waals surface area contributed by atoms with Crippen molar-refractivity contribution in [1.82, 2.24) is 4.98 Å². The molecule has 3 nitrogen and oxygen atoms in total. The normalized spacial score (nSPS) is 16.8. The maximum absolute atomic E-state index is 6.34. The van der Waals surface area contributed by atoms with E-state index in [2.05, 4.69) is 16.8 Å². The number of rotatable bonds is 4. The highest BCUT2D eigenvalue weighted by Gasteiger charge is 2.22. The number of pyridine rings is 1. The SMILES string of the molecule is CCN(c1ncc(CN)cc1Cl)C1CCCCC1. The molecular formula is C14H22ClN3. The van der Waals surface area contributed by atoms with Crippen LogP contribution >= 0.6 is 11.6 Å². The van der Waals surface area contributed by atoms with E-state index in [1.165, 1.54) is 32.1 Å². The molecule has 0 aliphatic heterocycles. The third-order valence-corrected chi connectivity index (χ3v) is 4.02. The summed E-state index contributed by atoms with van der Waals surface area (Å²) in [7, 11) is 0. The van der Waals surface area contributed by atoms with E-state index in [0.29, 0.717) is 12.6 Å². The van der Waals surface area contributed by atoms with Crippen molar-refractivity contribution in [3.8, 4) is 0 Å². The summed E-state index contributed by atoms with van der Waals surface area (Å²) in [6, 6.07) is 2.53. The summed E-state index contributed by atoms with van der Waals surface area (Å²) >= 11 is 6.34. The van der Waals surface area contributed by atoms with Crippen LogP contribution in [0.25, 0.3) is 0 Å². The van der Waals surface area contributed by atoms with E-state index in [4.69, 9.17) is 17.3 Å². The van der Waals surface area contributed by atoms with E-state index in [-0.39, 0.29) is 0 Å². The standard InChI is InChI=1S/C14H22ClN3/c1-2-18(12-6-4-3-5-7-12)14-13(15)8-11(9-16)10-17-14/h8,10,12H,2-7,9,16H2,1H3. The lowest BCUT2D eigenvalue weighted by atomic mass is 9.94. The zero-order valence-electron chi connectivity index (χ0n) is 11.0. The van der Waals surface area contributed by atoms with Gasteiger partial charge >= 0.3 is 0 Å². The molecule has 0 atom stereocenters. The molecule has 1 aromatic heterocycles. The average Bonchev–Trinajstić information content (AvgIpc) is 2.42. The van der Waals surface area contributed by atoms with Crippen molar-refractivity contribution in [2.45, 2.75) is 51.6 Å². The Morgan fingerprint density at radius 3 is 2.67 bits per heavy atom. The molecule has 0 saturated heterocycles. The van der Waals surface area contributed by atoms with Gasteiger partial charge < -0.3 is 10.6 Å². The van der Waals surface area contributed by atoms with Crippen molar-refractivity contribution in [1.29, 1.82) is 0 Å². The summed E-state index contributed by atoms with van der Waals surface area (Å²) in [4.78, 5) is 6.86. The van der Waals surface area contributed by atoms with Crippen molar-refractivity contribution in [2.24, 2.45) is 5.73 Å². The van der Waals surface area contributed by atoms with Crippen LogP contribution in [0.3, 0.4) is 0 Å². The maximum atomic E-state index is 6.34. The lowest BCUT2D eigenvalue weighted by Crippen LogP contribution is -2.37. The van der Waals surface area contributed by atoms with Crippen molar-refractivity contribution >= 4 is 17.4 Å². The molecule has 0 bridgehead atoms. The Hall–Kier alpha value is -0.800. The van der Waals surface area contributed by atoms with Gasteiger partial charge in [-0.1, -0.05) is 30.9 Å². The Balaban J connectivity index is 2.20. The number of aromatic nitrogens is 1. The van der Waals surface area contributed by atoms with Crippen molar-refractivity contribution in [3.05, 3.63) is 22.8 Å². The molecule has 0 radical (unpaired) electrons. The largest absolute Gasteiger partial charge is 0.353 e. The zero-order chi connectivity index (χ0) is 13.0. The van der Waals surface area contributed by atoms with E-state index in [9.17, 15) is 0 Å². The van der Waals surface area contributed by atoms with Gasteiger partial charge in [-0.2, -0.15) is 0 Å². The molecule has 1 saturated carbocycles. The second-order valence-corrected chi connectivity index (χ2v) is 5.34.